The molecule has 0 rings (SSSR count). The zero-order valence-corrected chi connectivity index (χ0v) is 6.85. The Labute approximate surface area is 59.7 Å². The molecule has 2 radical (unpaired) electrons. The Morgan fingerprint density at radius 2 is 1.89 bits per heavy atom. The van der Waals surface area contributed by atoms with E-state index in [0.717, 1.165) is 5.92 Å². The van der Waals surface area contributed by atoms with Crippen LogP contribution in [0.3, 0.4) is 0 Å². The second-order valence-electron chi connectivity index (χ2n) is 3.18. The molecule has 0 aliphatic carbocycles. The quantitative estimate of drug-likeness (QED) is 0.542. The molecule has 0 saturated carbocycles. The van der Waals surface area contributed by atoms with Crippen molar-refractivity contribution in [1.82, 2.24) is 0 Å². The highest BCUT2D eigenvalue weighted by Gasteiger charge is 2.02. The minimum atomic E-state index is 0.440. The standard InChI is InChI=1S/C9H18/c1-5-6-9(4)7-8(2)3/h4,8-9H,5-7H2,1-3H3. The lowest BCUT2D eigenvalue weighted by Crippen LogP contribution is -1.99. The Kier molecular flexibility index (Phi) is 4.84. The van der Waals surface area contributed by atoms with Gasteiger partial charge in [0, 0.05) is 0 Å². The summed E-state index contributed by atoms with van der Waals surface area (Å²) in [5.41, 5.74) is 0. The van der Waals surface area contributed by atoms with Crippen molar-refractivity contribution in [3.05, 3.63) is 6.92 Å². The molecule has 0 nitrogen and oxygen atoms in total. The molecule has 1 unspecified atom stereocenters. The van der Waals surface area contributed by atoms with E-state index in [9.17, 15) is 0 Å². The molecule has 0 fully saturated rings. The first-order valence-electron chi connectivity index (χ1n) is 3.92. The lowest BCUT2D eigenvalue weighted by atomic mass is 9.95. The van der Waals surface area contributed by atoms with E-state index in [1.165, 1.54) is 19.3 Å². The minimum absolute atomic E-state index is 0.440. The van der Waals surface area contributed by atoms with Crippen molar-refractivity contribution >= 4 is 0 Å². The third-order valence-electron chi connectivity index (χ3n) is 1.43. The first-order valence-corrected chi connectivity index (χ1v) is 3.92. The maximum Gasteiger partial charge on any atom is -0.0318 e. The normalized spacial score (nSPS) is 14.3. The van der Waals surface area contributed by atoms with Gasteiger partial charge in [0.15, 0.2) is 0 Å². The topological polar surface area (TPSA) is 0 Å². The van der Waals surface area contributed by atoms with E-state index in [4.69, 9.17) is 6.92 Å². The van der Waals surface area contributed by atoms with E-state index in [1.54, 1.807) is 0 Å². The molecule has 9 heavy (non-hydrogen) atoms. The van der Waals surface area contributed by atoms with Crippen molar-refractivity contribution in [2.45, 2.75) is 40.0 Å². The van der Waals surface area contributed by atoms with Gasteiger partial charge in [0.2, 0.25) is 0 Å². The highest BCUT2D eigenvalue weighted by Crippen LogP contribution is 2.14. The van der Waals surface area contributed by atoms with Crippen LogP contribution in [0.4, 0.5) is 0 Å². The van der Waals surface area contributed by atoms with Gasteiger partial charge < -0.3 is 0 Å². The SMILES string of the molecule is [CH]C(CCC)CC(C)C. The summed E-state index contributed by atoms with van der Waals surface area (Å²) in [4.78, 5) is 0. The fraction of sp³-hybridized carbons (Fsp3) is 0.889. The zero-order chi connectivity index (χ0) is 7.28. The van der Waals surface area contributed by atoms with Gasteiger partial charge in [0.05, 0.1) is 0 Å². The van der Waals surface area contributed by atoms with Gasteiger partial charge in [0.1, 0.15) is 0 Å². The molecular weight excluding hydrogens is 108 g/mol. The maximum atomic E-state index is 5.79. The molecule has 0 heterocycles. The van der Waals surface area contributed by atoms with E-state index < -0.39 is 0 Å². The predicted octanol–water partition coefficient (Wildman–Crippen LogP) is 3.16. The summed E-state index contributed by atoms with van der Waals surface area (Å²) in [7, 11) is 0. The van der Waals surface area contributed by atoms with Crippen molar-refractivity contribution in [1.29, 1.82) is 0 Å². The van der Waals surface area contributed by atoms with Crippen LogP contribution in [-0.4, -0.2) is 0 Å². The largest absolute Gasteiger partial charge is 0.0654 e. The van der Waals surface area contributed by atoms with Crippen molar-refractivity contribution < 1.29 is 0 Å². The summed E-state index contributed by atoms with van der Waals surface area (Å²) in [5.74, 6) is 1.20. The van der Waals surface area contributed by atoms with Gasteiger partial charge in [-0.15, -0.1) is 0 Å². The summed E-state index contributed by atoms with van der Waals surface area (Å²) in [6.45, 7) is 12.4. The van der Waals surface area contributed by atoms with E-state index in [-0.39, 0.29) is 0 Å². The predicted molar refractivity (Wildman–Crippen MR) is 42.2 cm³/mol. The Balaban J connectivity index is 3.15. The molecular formula is C9H18. The van der Waals surface area contributed by atoms with Gasteiger partial charge in [-0.1, -0.05) is 33.6 Å². The third kappa shape index (κ3) is 5.88. The molecule has 1 atom stereocenters. The van der Waals surface area contributed by atoms with E-state index in [2.05, 4.69) is 20.8 Å². The van der Waals surface area contributed by atoms with Crippen LogP contribution in [0.1, 0.15) is 40.0 Å². The Morgan fingerprint density at radius 3 is 2.22 bits per heavy atom. The van der Waals surface area contributed by atoms with Gasteiger partial charge in [-0.3, -0.25) is 0 Å². The van der Waals surface area contributed by atoms with Crippen LogP contribution in [-0.2, 0) is 0 Å². The van der Waals surface area contributed by atoms with Gasteiger partial charge in [-0.25, -0.2) is 0 Å². The molecule has 0 aromatic rings. The second-order valence-corrected chi connectivity index (χ2v) is 3.18. The van der Waals surface area contributed by atoms with Crippen LogP contribution in [0.25, 0.3) is 0 Å². The van der Waals surface area contributed by atoms with E-state index >= 15 is 0 Å². The average molecular weight is 126 g/mol. The Hall–Kier alpha value is 0. The summed E-state index contributed by atoms with van der Waals surface area (Å²) in [5, 5.41) is 0. The van der Waals surface area contributed by atoms with Crippen LogP contribution in [0, 0.1) is 18.8 Å². The van der Waals surface area contributed by atoms with Gasteiger partial charge in [-0.2, -0.15) is 0 Å². The average Bonchev–Trinajstić information content (AvgIpc) is 1.63. The zero-order valence-electron chi connectivity index (χ0n) is 6.85. The lowest BCUT2D eigenvalue weighted by molar-refractivity contribution is 0.445. The molecule has 0 aliphatic rings. The second kappa shape index (κ2) is 4.84. The summed E-state index contributed by atoms with van der Waals surface area (Å²) in [6.07, 6.45) is 3.57. The molecule has 0 aliphatic heterocycles. The number of rotatable bonds is 4. The molecule has 0 amide bonds. The highest BCUT2D eigenvalue weighted by molar-refractivity contribution is 4.61. The van der Waals surface area contributed by atoms with Crippen LogP contribution in [0.5, 0.6) is 0 Å². The van der Waals surface area contributed by atoms with E-state index in [1.807, 2.05) is 0 Å². The molecule has 0 heteroatoms. The first kappa shape index (κ1) is 9.00. The number of hydrogen-bond acceptors (Lipinski definition) is 0. The van der Waals surface area contributed by atoms with Crippen LogP contribution >= 0.6 is 0 Å². The van der Waals surface area contributed by atoms with Crippen molar-refractivity contribution in [2.75, 3.05) is 0 Å². The smallest absolute Gasteiger partial charge is 0.0318 e. The van der Waals surface area contributed by atoms with Crippen molar-refractivity contribution in [3.63, 3.8) is 0 Å². The number of hydrogen-bond donors (Lipinski definition) is 0. The summed E-state index contributed by atoms with van der Waals surface area (Å²) >= 11 is 0. The van der Waals surface area contributed by atoms with Crippen LogP contribution in [0.15, 0.2) is 0 Å². The molecule has 0 aromatic heterocycles. The fourth-order valence-corrected chi connectivity index (χ4v) is 1.09. The summed E-state index contributed by atoms with van der Waals surface area (Å²) < 4.78 is 0. The summed E-state index contributed by atoms with van der Waals surface area (Å²) in [6, 6.07) is 0. The van der Waals surface area contributed by atoms with Crippen LogP contribution < -0.4 is 0 Å². The van der Waals surface area contributed by atoms with Gasteiger partial charge in [0.25, 0.3) is 0 Å². The maximum absolute atomic E-state index is 5.79. The van der Waals surface area contributed by atoms with Gasteiger partial charge in [-0.05, 0) is 25.2 Å². The van der Waals surface area contributed by atoms with Crippen LogP contribution in [0.2, 0.25) is 0 Å². The molecule has 0 bridgehead atoms. The Bertz CT molecular complexity index is 55.1. The molecule has 0 saturated heterocycles. The first-order chi connectivity index (χ1) is 4.16. The highest BCUT2D eigenvalue weighted by atomic mass is 14.1. The Morgan fingerprint density at radius 1 is 1.33 bits per heavy atom. The monoisotopic (exact) mass is 126 g/mol. The van der Waals surface area contributed by atoms with Crippen molar-refractivity contribution in [2.24, 2.45) is 11.8 Å². The molecule has 0 N–H and O–H groups in total. The lowest BCUT2D eigenvalue weighted by Gasteiger charge is -2.11. The minimum Gasteiger partial charge on any atom is -0.0654 e. The third-order valence-corrected chi connectivity index (χ3v) is 1.43. The van der Waals surface area contributed by atoms with E-state index in [0.29, 0.717) is 5.92 Å². The molecule has 54 valence electrons. The van der Waals surface area contributed by atoms with Gasteiger partial charge >= 0.3 is 0 Å². The molecule has 0 spiro atoms. The van der Waals surface area contributed by atoms with Crippen molar-refractivity contribution in [3.8, 4) is 0 Å². The molecule has 0 aromatic carbocycles. The fourth-order valence-electron chi connectivity index (χ4n) is 1.09.